The SMILES string of the molecule is COc1ccc2c(c1)CCC1=C(C)C(=O)C(O[Si](C)(C)C(C)(C)C)C[C@@]12C. The quantitative estimate of drug-likeness (QED) is 0.636. The van der Waals surface area contributed by atoms with E-state index in [1.165, 1.54) is 16.7 Å². The molecule has 2 atom stereocenters. The molecule has 3 rings (SSSR count). The van der Waals surface area contributed by atoms with Gasteiger partial charge in [0.05, 0.1) is 7.11 Å². The number of carbonyl (C=O) groups excluding carboxylic acids is 1. The fourth-order valence-corrected chi connectivity index (χ4v) is 5.71. The third kappa shape index (κ3) is 3.31. The second-order valence-corrected chi connectivity index (χ2v) is 14.7. The van der Waals surface area contributed by atoms with Crippen LogP contribution < -0.4 is 4.74 Å². The second kappa shape index (κ2) is 6.59. The van der Waals surface area contributed by atoms with E-state index in [1.807, 2.05) is 13.0 Å². The van der Waals surface area contributed by atoms with E-state index in [2.05, 4.69) is 52.9 Å². The maximum Gasteiger partial charge on any atom is 0.193 e. The Labute approximate surface area is 165 Å². The smallest absolute Gasteiger partial charge is 0.193 e. The first kappa shape index (κ1) is 20.3. The van der Waals surface area contributed by atoms with Gasteiger partial charge in [0, 0.05) is 5.41 Å². The number of allylic oxidation sites excluding steroid dienone is 1. The van der Waals surface area contributed by atoms with Crippen molar-refractivity contribution in [3.63, 3.8) is 0 Å². The van der Waals surface area contributed by atoms with Gasteiger partial charge in [-0.1, -0.05) is 39.3 Å². The number of hydrogen-bond acceptors (Lipinski definition) is 3. The van der Waals surface area contributed by atoms with Crippen LogP contribution in [0.3, 0.4) is 0 Å². The Balaban J connectivity index is 2.04. The molecule has 148 valence electrons. The van der Waals surface area contributed by atoms with E-state index in [-0.39, 0.29) is 22.3 Å². The average Bonchev–Trinajstić information content (AvgIpc) is 2.57. The van der Waals surface area contributed by atoms with Crippen molar-refractivity contribution in [1.82, 2.24) is 0 Å². The van der Waals surface area contributed by atoms with Crippen LogP contribution in [-0.4, -0.2) is 27.3 Å². The highest BCUT2D eigenvalue weighted by atomic mass is 28.4. The zero-order chi connectivity index (χ0) is 20.2. The van der Waals surface area contributed by atoms with E-state index in [4.69, 9.17) is 9.16 Å². The van der Waals surface area contributed by atoms with E-state index in [0.717, 1.165) is 30.6 Å². The van der Waals surface area contributed by atoms with Gasteiger partial charge in [0.25, 0.3) is 0 Å². The highest BCUT2D eigenvalue weighted by molar-refractivity contribution is 6.74. The number of carbonyl (C=O) groups is 1. The van der Waals surface area contributed by atoms with E-state index < -0.39 is 8.32 Å². The summed E-state index contributed by atoms with van der Waals surface area (Å²) in [6, 6.07) is 6.40. The Kier molecular flexibility index (Phi) is 4.97. The van der Waals surface area contributed by atoms with E-state index in [9.17, 15) is 4.79 Å². The van der Waals surface area contributed by atoms with Gasteiger partial charge >= 0.3 is 0 Å². The first-order chi connectivity index (χ1) is 12.4. The molecule has 0 amide bonds. The van der Waals surface area contributed by atoms with Crippen molar-refractivity contribution in [3.8, 4) is 5.75 Å². The van der Waals surface area contributed by atoms with Gasteiger partial charge < -0.3 is 9.16 Å². The number of benzene rings is 1. The summed E-state index contributed by atoms with van der Waals surface area (Å²) in [5.74, 6) is 1.10. The fraction of sp³-hybridized carbons (Fsp3) is 0.609. The molecule has 1 aromatic rings. The highest BCUT2D eigenvalue weighted by Gasteiger charge is 2.49. The van der Waals surface area contributed by atoms with Crippen LogP contribution in [0.25, 0.3) is 0 Å². The molecular weight excluding hydrogens is 352 g/mol. The predicted molar refractivity (Wildman–Crippen MR) is 113 cm³/mol. The maximum atomic E-state index is 13.2. The molecule has 2 aliphatic rings. The molecule has 0 saturated carbocycles. The summed E-state index contributed by atoms with van der Waals surface area (Å²) >= 11 is 0. The first-order valence-electron chi connectivity index (χ1n) is 10.0. The van der Waals surface area contributed by atoms with Gasteiger partial charge in [-0.15, -0.1) is 0 Å². The number of aryl methyl sites for hydroxylation is 1. The number of Topliss-reactive ketones (excluding diaryl/α,β-unsaturated/α-hetero) is 1. The number of rotatable bonds is 3. The van der Waals surface area contributed by atoms with Crippen molar-refractivity contribution in [2.75, 3.05) is 7.11 Å². The van der Waals surface area contributed by atoms with Crippen molar-refractivity contribution in [3.05, 3.63) is 40.5 Å². The van der Waals surface area contributed by atoms with Gasteiger partial charge in [-0.05, 0) is 73.2 Å². The monoisotopic (exact) mass is 386 g/mol. The lowest BCUT2D eigenvalue weighted by atomic mass is 9.60. The van der Waals surface area contributed by atoms with Crippen LogP contribution in [0.15, 0.2) is 29.3 Å². The van der Waals surface area contributed by atoms with Crippen molar-refractivity contribution >= 4 is 14.1 Å². The van der Waals surface area contributed by atoms with Crippen molar-refractivity contribution < 1.29 is 14.0 Å². The summed E-state index contributed by atoms with van der Waals surface area (Å²) in [6.45, 7) is 15.4. The molecule has 0 heterocycles. The van der Waals surface area contributed by atoms with E-state index in [1.54, 1.807) is 7.11 Å². The lowest BCUT2D eigenvalue weighted by molar-refractivity contribution is -0.124. The number of ether oxygens (including phenoxy) is 1. The molecule has 0 saturated heterocycles. The van der Waals surface area contributed by atoms with Crippen molar-refractivity contribution in [2.24, 2.45) is 0 Å². The van der Waals surface area contributed by atoms with Gasteiger partial charge in [-0.3, -0.25) is 4.79 Å². The van der Waals surface area contributed by atoms with Crippen LogP contribution in [-0.2, 0) is 21.1 Å². The number of fused-ring (bicyclic) bond motifs is 3. The Morgan fingerprint density at radius 1 is 1.19 bits per heavy atom. The Morgan fingerprint density at radius 3 is 2.44 bits per heavy atom. The van der Waals surface area contributed by atoms with Gasteiger partial charge in [0.1, 0.15) is 11.9 Å². The molecule has 1 unspecified atom stereocenters. The van der Waals surface area contributed by atoms with Crippen LogP contribution in [0, 0.1) is 0 Å². The molecule has 0 N–H and O–H groups in total. The molecule has 0 bridgehead atoms. The Hall–Kier alpha value is -1.39. The lowest BCUT2D eigenvalue weighted by Crippen LogP contribution is -2.51. The fourth-order valence-electron chi connectivity index (χ4n) is 4.46. The van der Waals surface area contributed by atoms with Crippen LogP contribution in [0.5, 0.6) is 5.75 Å². The zero-order valence-corrected chi connectivity index (χ0v) is 19.2. The van der Waals surface area contributed by atoms with Crippen molar-refractivity contribution in [2.45, 2.75) is 83.5 Å². The van der Waals surface area contributed by atoms with Crippen LogP contribution in [0.1, 0.15) is 58.6 Å². The summed E-state index contributed by atoms with van der Waals surface area (Å²) < 4.78 is 12.1. The summed E-state index contributed by atoms with van der Waals surface area (Å²) in [5, 5.41) is 0.0872. The van der Waals surface area contributed by atoms with Crippen LogP contribution in [0.4, 0.5) is 0 Å². The third-order valence-corrected chi connectivity index (χ3v) is 11.7. The second-order valence-electron chi connectivity index (χ2n) is 9.89. The topological polar surface area (TPSA) is 35.5 Å². The van der Waals surface area contributed by atoms with Gasteiger partial charge in [0.15, 0.2) is 14.1 Å². The minimum absolute atomic E-state index is 0.0872. The summed E-state index contributed by atoms with van der Waals surface area (Å²) in [7, 11) is -0.311. The van der Waals surface area contributed by atoms with E-state index in [0.29, 0.717) is 0 Å². The van der Waals surface area contributed by atoms with Gasteiger partial charge in [0.2, 0.25) is 0 Å². The molecule has 0 fully saturated rings. The maximum absolute atomic E-state index is 13.2. The van der Waals surface area contributed by atoms with Crippen LogP contribution >= 0.6 is 0 Å². The van der Waals surface area contributed by atoms with Gasteiger partial charge in [-0.2, -0.15) is 0 Å². The van der Waals surface area contributed by atoms with E-state index >= 15 is 0 Å². The van der Waals surface area contributed by atoms with Crippen molar-refractivity contribution in [1.29, 1.82) is 0 Å². The molecule has 4 heteroatoms. The first-order valence-corrected chi connectivity index (χ1v) is 12.9. The number of ketones is 1. The molecule has 0 radical (unpaired) electrons. The lowest BCUT2D eigenvalue weighted by Gasteiger charge is -2.47. The molecule has 0 aromatic heterocycles. The summed E-state index contributed by atoms with van der Waals surface area (Å²) in [4.78, 5) is 13.2. The molecule has 0 spiro atoms. The summed E-state index contributed by atoms with van der Waals surface area (Å²) in [6.07, 6.45) is 2.31. The summed E-state index contributed by atoms with van der Waals surface area (Å²) in [5.41, 5.74) is 4.77. The molecule has 2 aliphatic carbocycles. The molecule has 3 nitrogen and oxygen atoms in total. The van der Waals surface area contributed by atoms with Gasteiger partial charge in [-0.25, -0.2) is 0 Å². The molecule has 1 aromatic carbocycles. The number of methoxy groups -OCH3 is 1. The number of hydrogen-bond donors (Lipinski definition) is 0. The minimum atomic E-state index is -2.02. The standard InChI is InChI=1S/C23H34O3Si/c1-15-18-11-9-16-13-17(25-6)10-12-19(16)23(18,5)14-20(21(15)24)26-27(7,8)22(2,3)4/h10,12-13,20H,9,11,14H2,1-8H3/t20?,23-/m0/s1. The molecular formula is C23H34O3Si. The largest absolute Gasteiger partial charge is 0.497 e. The van der Waals surface area contributed by atoms with Crippen LogP contribution in [0.2, 0.25) is 18.1 Å². The zero-order valence-electron chi connectivity index (χ0n) is 18.2. The Bertz CT molecular complexity index is 800. The predicted octanol–water partition coefficient (Wildman–Crippen LogP) is 5.58. The molecule has 0 aliphatic heterocycles. The average molecular weight is 387 g/mol. The molecule has 27 heavy (non-hydrogen) atoms. The highest BCUT2D eigenvalue weighted by Crippen LogP contribution is 2.50. The Morgan fingerprint density at radius 2 is 1.85 bits per heavy atom. The minimum Gasteiger partial charge on any atom is -0.497 e. The normalized spacial score (nSPS) is 25.9. The third-order valence-electron chi connectivity index (χ3n) is 7.17.